The Morgan fingerprint density at radius 3 is 3.23 bits per heavy atom. The van der Waals surface area contributed by atoms with E-state index < -0.39 is 5.97 Å². The van der Waals surface area contributed by atoms with Crippen LogP contribution in [0.1, 0.15) is 36.6 Å². The second-order valence-electron chi connectivity index (χ2n) is 3.34. The number of carboxylic acid groups (broad SMARTS) is 1. The van der Waals surface area contributed by atoms with E-state index in [0.29, 0.717) is 0 Å². The second-order valence-corrected chi connectivity index (χ2v) is 3.34. The van der Waals surface area contributed by atoms with Crippen LogP contribution in [0.5, 0.6) is 0 Å². The topological polar surface area (TPSA) is 78.9 Å². The van der Waals surface area contributed by atoms with Crippen molar-refractivity contribution >= 4 is 5.97 Å². The van der Waals surface area contributed by atoms with Crippen molar-refractivity contribution in [2.75, 3.05) is 0 Å². The highest BCUT2D eigenvalue weighted by atomic mass is 16.4. The molecule has 70 valence electrons. The second kappa shape index (κ2) is 3.16. The van der Waals surface area contributed by atoms with Crippen LogP contribution in [0.4, 0.5) is 0 Å². The minimum atomic E-state index is -0.763. The molecule has 0 radical (unpaired) electrons. The molecule has 1 aliphatic rings. The first-order valence-electron chi connectivity index (χ1n) is 4.38. The molecule has 0 bridgehead atoms. The number of aromatic amines is 1. The number of hydrogen-bond acceptors (Lipinski definition) is 3. The third-order valence-corrected chi connectivity index (χ3v) is 2.42. The smallest absolute Gasteiger partial charge is 0.304 e. The summed E-state index contributed by atoms with van der Waals surface area (Å²) < 4.78 is 0. The van der Waals surface area contributed by atoms with E-state index in [1.165, 1.54) is 0 Å². The number of nitrogens with one attached hydrogen (secondary N) is 1. The molecular weight excluding hydrogens is 170 g/mol. The summed E-state index contributed by atoms with van der Waals surface area (Å²) in [6.45, 7) is 0. The monoisotopic (exact) mass is 181 g/mol. The lowest BCUT2D eigenvalue weighted by Gasteiger charge is -2.17. The molecule has 2 rings (SSSR count). The van der Waals surface area contributed by atoms with Crippen molar-refractivity contribution in [2.24, 2.45) is 0 Å². The molecular formula is C8H11N3O2. The quantitative estimate of drug-likeness (QED) is 0.703. The number of H-pyrrole nitrogens is 1. The van der Waals surface area contributed by atoms with Crippen molar-refractivity contribution in [2.45, 2.75) is 31.6 Å². The van der Waals surface area contributed by atoms with Crippen molar-refractivity contribution < 1.29 is 9.90 Å². The average Bonchev–Trinajstić information content (AvgIpc) is 2.51. The van der Waals surface area contributed by atoms with E-state index >= 15 is 0 Å². The number of aromatic nitrogens is 3. The zero-order valence-corrected chi connectivity index (χ0v) is 7.16. The molecule has 5 nitrogen and oxygen atoms in total. The number of aryl methyl sites for hydroxylation is 1. The molecule has 0 saturated heterocycles. The Labute approximate surface area is 75.2 Å². The normalized spacial score (nSPS) is 21.1. The highest BCUT2D eigenvalue weighted by molar-refractivity contribution is 5.68. The van der Waals surface area contributed by atoms with Gasteiger partial charge in [0, 0.05) is 5.92 Å². The summed E-state index contributed by atoms with van der Waals surface area (Å²) >= 11 is 0. The summed E-state index contributed by atoms with van der Waals surface area (Å²) in [5.74, 6) is -0.708. The maximum Gasteiger partial charge on any atom is 0.304 e. The third-order valence-electron chi connectivity index (χ3n) is 2.42. The first kappa shape index (κ1) is 8.22. The van der Waals surface area contributed by atoms with Crippen molar-refractivity contribution in [3.05, 3.63) is 11.4 Å². The Hall–Kier alpha value is -1.39. The van der Waals surface area contributed by atoms with Crippen LogP contribution < -0.4 is 0 Å². The highest BCUT2D eigenvalue weighted by Gasteiger charge is 2.25. The molecule has 0 saturated carbocycles. The van der Waals surface area contributed by atoms with Crippen LogP contribution in [0, 0.1) is 0 Å². The van der Waals surface area contributed by atoms with Gasteiger partial charge in [-0.1, -0.05) is 0 Å². The van der Waals surface area contributed by atoms with Gasteiger partial charge in [-0.05, 0) is 19.3 Å². The van der Waals surface area contributed by atoms with E-state index in [1.807, 2.05) is 0 Å². The van der Waals surface area contributed by atoms with E-state index in [-0.39, 0.29) is 12.3 Å². The predicted molar refractivity (Wildman–Crippen MR) is 44.3 cm³/mol. The van der Waals surface area contributed by atoms with Gasteiger partial charge in [0.1, 0.15) is 0 Å². The number of carbonyl (C=O) groups is 1. The molecule has 5 heteroatoms. The number of rotatable bonds is 2. The lowest BCUT2D eigenvalue weighted by atomic mass is 9.88. The van der Waals surface area contributed by atoms with Crippen LogP contribution in [0.3, 0.4) is 0 Å². The van der Waals surface area contributed by atoms with Crippen LogP contribution in [0.2, 0.25) is 0 Å². The minimum Gasteiger partial charge on any atom is -0.481 e. The summed E-state index contributed by atoms with van der Waals surface area (Å²) in [6.07, 6.45) is 3.00. The van der Waals surface area contributed by atoms with Gasteiger partial charge in [-0.25, -0.2) is 0 Å². The van der Waals surface area contributed by atoms with Crippen LogP contribution in [0.25, 0.3) is 0 Å². The molecule has 2 N–H and O–H groups in total. The summed E-state index contributed by atoms with van der Waals surface area (Å²) in [5.41, 5.74) is 1.80. The molecule has 1 aromatic heterocycles. The lowest BCUT2D eigenvalue weighted by molar-refractivity contribution is -0.137. The highest BCUT2D eigenvalue weighted by Crippen LogP contribution is 2.30. The molecule has 0 fully saturated rings. The third kappa shape index (κ3) is 1.54. The SMILES string of the molecule is O=C(O)CC1CCCc2n[nH]nc21. The Morgan fingerprint density at radius 2 is 2.46 bits per heavy atom. The maximum absolute atomic E-state index is 10.5. The van der Waals surface area contributed by atoms with Gasteiger partial charge in [0.05, 0.1) is 17.8 Å². The maximum atomic E-state index is 10.5. The van der Waals surface area contributed by atoms with E-state index in [1.54, 1.807) is 0 Å². The Morgan fingerprint density at radius 1 is 1.62 bits per heavy atom. The molecule has 1 aromatic rings. The van der Waals surface area contributed by atoms with Crippen molar-refractivity contribution in [3.63, 3.8) is 0 Å². The molecule has 1 atom stereocenters. The van der Waals surface area contributed by atoms with Crippen LogP contribution >= 0.6 is 0 Å². The Bertz CT molecular complexity index is 321. The Kier molecular flexibility index (Phi) is 2.00. The van der Waals surface area contributed by atoms with Gasteiger partial charge in [0.15, 0.2) is 0 Å². The lowest BCUT2D eigenvalue weighted by Crippen LogP contribution is -2.13. The predicted octanol–water partition coefficient (Wildman–Crippen LogP) is 0.699. The Balaban J connectivity index is 2.20. The van der Waals surface area contributed by atoms with Crippen molar-refractivity contribution in [1.29, 1.82) is 0 Å². The number of carboxylic acids is 1. The summed E-state index contributed by atoms with van der Waals surface area (Å²) in [5, 5.41) is 19.2. The van der Waals surface area contributed by atoms with Crippen LogP contribution in [0.15, 0.2) is 0 Å². The standard InChI is InChI=1S/C8H11N3O2/c12-7(13)4-5-2-1-3-6-8(5)10-11-9-6/h5H,1-4H2,(H,12,13)(H,9,10,11). The molecule has 1 unspecified atom stereocenters. The van der Waals surface area contributed by atoms with Crippen molar-refractivity contribution in [3.8, 4) is 0 Å². The van der Waals surface area contributed by atoms with Gasteiger partial charge in [-0.2, -0.15) is 15.4 Å². The van der Waals surface area contributed by atoms with Gasteiger partial charge in [-0.15, -0.1) is 0 Å². The first-order chi connectivity index (χ1) is 6.27. The van der Waals surface area contributed by atoms with Gasteiger partial charge in [-0.3, -0.25) is 4.79 Å². The zero-order valence-electron chi connectivity index (χ0n) is 7.16. The van der Waals surface area contributed by atoms with Crippen LogP contribution in [-0.2, 0) is 11.2 Å². The first-order valence-corrected chi connectivity index (χ1v) is 4.38. The van der Waals surface area contributed by atoms with E-state index in [9.17, 15) is 4.79 Å². The fraction of sp³-hybridized carbons (Fsp3) is 0.625. The zero-order chi connectivity index (χ0) is 9.26. The fourth-order valence-corrected chi connectivity index (χ4v) is 1.83. The van der Waals surface area contributed by atoms with E-state index in [2.05, 4.69) is 15.4 Å². The number of fused-ring (bicyclic) bond motifs is 1. The van der Waals surface area contributed by atoms with E-state index in [0.717, 1.165) is 30.7 Å². The van der Waals surface area contributed by atoms with Gasteiger partial charge >= 0.3 is 5.97 Å². The van der Waals surface area contributed by atoms with Gasteiger partial charge in [0.2, 0.25) is 0 Å². The van der Waals surface area contributed by atoms with Gasteiger partial charge < -0.3 is 5.11 Å². The molecule has 0 aliphatic heterocycles. The van der Waals surface area contributed by atoms with Crippen LogP contribution in [-0.4, -0.2) is 26.5 Å². The molecule has 0 spiro atoms. The molecule has 0 amide bonds. The number of nitrogens with zero attached hydrogens (tertiary/aromatic N) is 2. The minimum absolute atomic E-state index is 0.0556. The van der Waals surface area contributed by atoms with Gasteiger partial charge in [0.25, 0.3) is 0 Å². The molecule has 0 aromatic carbocycles. The largest absolute Gasteiger partial charge is 0.481 e. The summed E-state index contributed by atoms with van der Waals surface area (Å²) in [6, 6.07) is 0. The molecule has 1 aliphatic carbocycles. The number of hydrogen-bond donors (Lipinski definition) is 2. The summed E-state index contributed by atoms with van der Waals surface area (Å²) in [4.78, 5) is 10.5. The summed E-state index contributed by atoms with van der Waals surface area (Å²) in [7, 11) is 0. The number of aliphatic carboxylic acids is 1. The van der Waals surface area contributed by atoms with Crippen molar-refractivity contribution in [1.82, 2.24) is 15.4 Å². The molecule has 13 heavy (non-hydrogen) atoms. The fourth-order valence-electron chi connectivity index (χ4n) is 1.83. The average molecular weight is 181 g/mol. The molecule has 1 heterocycles. The van der Waals surface area contributed by atoms with E-state index in [4.69, 9.17) is 5.11 Å².